The van der Waals surface area contributed by atoms with Crippen molar-refractivity contribution in [1.82, 2.24) is 14.5 Å². The van der Waals surface area contributed by atoms with Gasteiger partial charge in [0, 0.05) is 19.6 Å². The van der Waals surface area contributed by atoms with Crippen LogP contribution in [0.15, 0.2) is 0 Å². The molecule has 0 aromatic heterocycles. The summed E-state index contributed by atoms with van der Waals surface area (Å²) in [4.78, 5) is 14.2. The summed E-state index contributed by atoms with van der Waals surface area (Å²) in [5, 5.41) is 3.03. The van der Waals surface area contributed by atoms with E-state index in [1.165, 1.54) is 10.6 Å². The van der Waals surface area contributed by atoms with Crippen molar-refractivity contribution >= 4 is 15.9 Å². The maximum Gasteiger partial charge on any atom is 0.237 e. The highest BCUT2D eigenvalue weighted by Gasteiger charge is 2.29. The molecule has 2 heterocycles. The van der Waals surface area contributed by atoms with Crippen LogP contribution >= 0.6 is 0 Å². The highest BCUT2D eigenvalue weighted by molar-refractivity contribution is 7.88. The van der Waals surface area contributed by atoms with Gasteiger partial charge in [0.05, 0.1) is 12.3 Å². The third-order valence-electron chi connectivity index (χ3n) is 4.43. The van der Waals surface area contributed by atoms with E-state index in [4.69, 9.17) is 0 Å². The molecule has 0 aliphatic carbocycles. The fourth-order valence-electron chi connectivity index (χ4n) is 3.05. The van der Waals surface area contributed by atoms with Crippen molar-refractivity contribution in [2.45, 2.75) is 31.7 Å². The molecular formula is C13H25N3O3S. The third kappa shape index (κ3) is 3.93. The molecule has 0 unspecified atom stereocenters. The van der Waals surface area contributed by atoms with Gasteiger partial charge in [-0.3, -0.25) is 9.69 Å². The number of hydrogen-bond donors (Lipinski definition) is 1. The van der Waals surface area contributed by atoms with Gasteiger partial charge < -0.3 is 5.32 Å². The van der Waals surface area contributed by atoms with Crippen LogP contribution in [-0.2, 0) is 14.8 Å². The molecule has 0 radical (unpaired) electrons. The number of sulfonamides is 1. The van der Waals surface area contributed by atoms with E-state index in [2.05, 4.69) is 10.2 Å². The SMILES string of the molecule is CN1CCC[C@H]1C(=O)NCC1CCN(S(C)(=O)=O)CC1. The molecule has 0 saturated carbocycles. The predicted molar refractivity (Wildman–Crippen MR) is 77.8 cm³/mol. The molecule has 2 aliphatic rings. The van der Waals surface area contributed by atoms with Crippen molar-refractivity contribution in [2.75, 3.05) is 39.5 Å². The van der Waals surface area contributed by atoms with E-state index >= 15 is 0 Å². The lowest BCUT2D eigenvalue weighted by atomic mass is 9.98. The normalized spacial score (nSPS) is 26.8. The van der Waals surface area contributed by atoms with Crippen molar-refractivity contribution in [2.24, 2.45) is 5.92 Å². The highest BCUT2D eigenvalue weighted by atomic mass is 32.2. The first-order valence-electron chi connectivity index (χ1n) is 7.31. The van der Waals surface area contributed by atoms with Crippen LogP contribution in [0.25, 0.3) is 0 Å². The van der Waals surface area contributed by atoms with Gasteiger partial charge in [-0.1, -0.05) is 0 Å². The van der Waals surface area contributed by atoms with E-state index < -0.39 is 10.0 Å². The molecule has 7 heteroatoms. The fourth-order valence-corrected chi connectivity index (χ4v) is 3.92. The molecule has 116 valence electrons. The minimum Gasteiger partial charge on any atom is -0.354 e. The number of nitrogens with zero attached hydrogens (tertiary/aromatic N) is 2. The van der Waals surface area contributed by atoms with Crippen molar-refractivity contribution < 1.29 is 13.2 Å². The number of rotatable bonds is 4. The summed E-state index contributed by atoms with van der Waals surface area (Å²) in [7, 11) is -1.07. The van der Waals surface area contributed by atoms with Gasteiger partial charge >= 0.3 is 0 Å². The summed E-state index contributed by atoms with van der Waals surface area (Å²) in [5.41, 5.74) is 0. The Morgan fingerprint density at radius 3 is 2.35 bits per heavy atom. The fraction of sp³-hybridized carbons (Fsp3) is 0.923. The van der Waals surface area contributed by atoms with Gasteiger partial charge in [-0.25, -0.2) is 12.7 Å². The molecule has 0 spiro atoms. The Kier molecular flexibility index (Phi) is 5.04. The zero-order valence-electron chi connectivity index (χ0n) is 12.3. The van der Waals surface area contributed by atoms with Gasteiger partial charge in [0.15, 0.2) is 0 Å². The summed E-state index contributed by atoms with van der Waals surface area (Å²) < 4.78 is 24.4. The summed E-state index contributed by atoms with van der Waals surface area (Å²) in [6.45, 7) is 2.80. The van der Waals surface area contributed by atoms with Crippen LogP contribution in [0.3, 0.4) is 0 Å². The number of carbonyl (C=O) groups excluding carboxylic acids is 1. The van der Waals surface area contributed by atoms with E-state index in [0.29, 0.717) is 25.6 Å². The third-order valence-corrected chi connectivity index (χ3v) is 5.73. The topological polar surface area (TPSA) is 69.7 Å². The summed E-state index contributed by atoms with van der Waals surface area (Å²) in [6.07, 6.45) is 4.93. The number of nitrogens with one attached hydrogen (secondary N) is 1. The van der Waals surface area contributed by atoms with E-state index in [1.807, 2.05) is 7.05 Å². The van der Waals surface area contributed by atoms with Crippen LogP contribution in [0.4, 0.5) is 0 Å². The van der Waals surface area contributed by atoms with Gasteiger partial charge in [-0.05, 0) is 45.2 Å². The second-order valence-electron chi connectivity index (χ2n) is 5.99. The second kappa shape index (κ2) is 6.41. The molecule has 1 amide bonds. The molecule has 0 aromatic rings. The van der Waals surface area contributed by atoms with Crippen molar-refractivity contribution in [3.63, 3.8) is 0 Å². The maximum absolute atomic E-state index is 12.1. The Morgan fingerprint density at radius 2 is 1.85 bits per heavy atom. The lowest BCUT2D eigenvalue weighted by molar-refractivity contribution is -0.125. The largest absolute Gasteiger partial charge is 0.354 e. The monoisotopic (exact) mass is 303 g/mol. The minimum atomic E-state index is -3.06. The van der Waals surface area contributed by atoms with E-state index in [0.717, 1.165) is 32.2 Å². The predicted octanol–water partition coefficient (Wildman–Crippen LogP) is -0.132. The van der Waals surface area contributed by atoms with Crippen molar-refractivity contribution in [1.29, 1.82) is 0 Å². The van der Waals surface area contributed by atoms with Crippen LogP contribution in [0.1, 0.15) is 25.7 Å². The first kappa shape index (κ1) is 15.7. The van der Waals surface area contributed by atoms with E-state index in [9.17, 15) is 13.2 Å². The van der Waals surface area contributed by atoms with Crippen molar-refractivity contribution in [3.8, 4) is 0 Å². The number of likely N-dealkylation sites (N-methyl/N-ethyl adjacent to an activating group) is 1. The summed E-state index contributed by atoms with van der Waals surface area (Å²) >= 11 is 0. The zero-order valence-corrected chi connectivity index (χ0v) is 13.2. The molecular weight excluding hydrogens is 278 g/mol. The van der Waals surface area contributed by atoms with Crippen LogP contribution in [-0.4, -0.2) is 69.1 Å². The number of carbonyl (C=O) groups is 1. The number of likely N-dealkylation sites (tertiary alicyclic amines) is 1. The molecule has 1 atom stereocenters. The van der Waals surface area contributed by atoms with Crippen LogP contribution in [0.2, 0.25) is 0 Å². The average Bonchev–Trinajstić information content (AvgIpc) is 2.82. The standard InChI is InChI=1S/C13H25N3O3S/c1-15-7-3-4-12(15)13(17)14-10-11-5-8-16(9-6-11)20(2,18)19/h11-12H,3-10H2,1-2H3,(H,14,17)/t12-/m0/s1. The molecule has 20 heavy (non-hydrogen) atoms. The first-order valence-corrected chi connectivity index (χ1v) is 9.16. The number of hydrogen-bond acceptors (Lipinski definition) is 4. The Hall–Kier alpha value is -0.660. The first-order chi connectivity index (χ1) is 9.38. The zero-order chi connectivity index (χ0) is 14.8. The Balaban J connectivity index is 1.72. The van der Waals surface area contributed by atoms with Crippen molar-refractivity contribution in [3.05, 3.63) is 0 Å². The average molecular weight is 303 g/mol. The quantitative estimate of drug-likeness (QED) is 0.785. The lowest BCUT2D eigenvalue weighted by Gasteiger charge is -2.30. The molecule has 2 fully saturated rings. The van der Waals surface area contributed by atoms with Gasteiger partial charge in [0.25, 0.3) is 0 Å². The van der Waals surface area contributed by atoms with Gasteiger partial charge in [0.1, 0.15) is 0 Å². The molecule has 0 bridgehead atoms. The van der Waals surface area contributed by atoms with E-state index in [-0.39, 0.29) is 11.9 Å². The Labute approximate surface area is 121 Å². The second-order valence-corrected chi connectivity index (χ2v) is 7.97. The van der Waals surface area contributed by atoms with Crippen LogP contribution < -0.4 is 5.32 Å². The van der Waals surface area contributed by atoms with Gasteiger partial charge in [0.2, 0.25) is 15.9 Å². The smallest absolute Gasteiger partial charge is 0.237 e. The molecule has 6 nitrogen and oxygen atoms in total. The number of amides is 1. The minimum absolute atomic E-state index is 0.0195. The lowest BCUT2D eigenvalue weighted by Crippen LogP contribution is -2.45. The van der Waals surface area contributed by atoms with Gasteiger partial charge in [-0.2, -0.15) is 0 Å². The molecule has 2 rings (SSSR count). The molecule has 1 N–H and O–H groups in total. The molecule has 2 saturated heterocycles. The van der Waals surface area contributed by atoms with Crippen LogP contribution in [0, 0.1) is 5.92 Å². The Morgan fingerprint density at radius 1 is 1.20 bits per heavy atom. The molecule has 0 aromatic carbocycles. The Bertz CT molecular complexity index is 444. The highest BCUT2D eigenvalue weighted by Crippen LogP contribution is 2.19. The van der Waals surface area contributed by atoms with E-state index in [1.54, 1.807) is 0 Å². The number of piperidine rings is 1. The summed E-state index contributed by atoms with van der Waals surface area (Å²) in [5.74, 6) is 0.513. The van der Waals surface area contributed by atoms with Crippen LogP contribution in [0.5, 0.6) is 0 Å². The summed E-state index contributed by atoms with van der Waals surface area (Å²) in [6, 6.07) is 0.0195. The molecule has 2 aliphatic heterocycles. The van der Waals surface area contributed by atoms with Gasteiger partial charge in [-0.15, -0.1) is 0 Å². The maximum atomic E-state index is 12.1.